The van der Waals surface area contributed by atoms with Gasteiger partial charge in [-0.15, -0.1) is 0 Å². The van der Waals surface area contributed by atoms with Gasteiger partial charge in [0.25, 0.3) is 0 Å². The summed E-state index contributed by atoms with van der Waals surface area (Å²) in [6.45, 7) is 1.98. The third-order valence-electron chi connectivity index (χ3n) is 1.97. The molecular formula is C10H12Br2O. The van der Waals surface area contributed by atoms with Crippen LogP contribution in [0.1, 0.15) is 18.9 Å². The first kappa shape index (κ1) is 11.2. The molecule has 1 rings (SSSR count). The summed E-state index contributed by atoms with van der Waals surface area (Å²) in [5, 5.41) is 9.52. The van der Waals surface area contributed by atoms with E-state index in [1.165, 1.54) is 0 Å². The van der Waals surface area contributed by atoms with Crippen molar-refractivity contribution in [1.29, 1.82) is 0 Å². The Balaban J connectivity index is 2.87. The Labute approximate surface area is 95.4 Å². The lowest BCUT2D eigenvalue weighted by molar-refractivity contribution is 0.170. The number of aliphatic hydroxyl groups excluding tert-OH is 1. The third-order valence-corrected chi connectivity index (χ3v) is 3.46. The van der Waals surface area contributed by atoms with Crippen molar-refractivity contribution in [3.05, 3.63) is 32.7 Å². The minimum atomic E-state index is -0.255. The fraction of sp³-hybridized carbons (Fsp3) is 0.400. The van der Waals surface area contributed by atoms with E-state index in [2.05, 4.69) is 31.9 Å². The van der Waals surface area contributed by atoms with Crippen LogP contribution in [0.15, 0.2) is 27.1 Å². The summed E-state index contributed by atoms with van der Waals surface area (Å²) < 4.78 is 2.10. The van der Waals surface area contributed by atoms with Gasteiger partial charge in [-0.25, -0.2) is 0 Å². The van der Waals surface area contributed by atoms with Gasteiger partial charge in [0, 0.05) is 15.4 Å². The topological polar surface area (TPSA) is 20.2 Å². The minimum absolute atomic E-state index is 0.255. The fourth-order valence-electron chi connectivity index (χ4n) is 1.11. The Bertz CT molecular complexity index is 266. The molecule has 0 bridgehead atoms. The van der Waals surface area contributed by atoms with Crippen LogP contribution >= 0.6 is 31.9 Å². The molecule has 0 aliphatic rings. The Hall–Kier alpha value is 0.140. The summed E-state index contributed by atoms with van der Waals surface area (Å²) in [4.78, 5) is 0. The van der Waals surface area contributed by atoms with Crippen molar-refractivity contribution in [3.8, 4) is 0 Å². The van der Waals surface area contributed by atoms with E-state index >= 15 is 0 Å². The predicted molar refractivity (Wildman–Crippen MR) is 61.8 cm³/mol. The average Bonchev–Trinajstić information content (AvgIpc) is 2.11. The highest BCUT2D eigenvalue weighted by Gasteiger charge is 2.08. The molecule has 1 aromatic rings. The highest BCUT2D eigenvalue weighted by atomic mass is 79.9. The van der Waals surface area contributed by atoms with Crippen LogP contribution in [-0.2, 0) is 6.42 Å². The first-order chi connectivity index (χ1) is 6.15. The Kier molecular flexibility index (Phi) is 4.42. The van der Waals surface area contributed by atoms with Crippen molar-refractivity contribution in [2.75, 3.05) is 0 Å². The average molecular weight is 308 g/mol. The number of benzene rings is 1. The third kappa shape index (κ3) is 3.08. The molecule has 0 amide bonds. The van der Waals surface area contributed by atoms with E-state index < -0.39 is 0 Å². The number of aliphatic hydroxyl groups is 1. The smallest absolute Gasteiger partial charge is 0.0578 e. The number of rotatable bonds is 3. The Morgan fingerprint density at radius 1 is 1.31 bits per heavy atom. The van der Waals surface area contributed by atoms with E-state index in [-0.39, 0.29) is 6.10 Å². The zero-order valence-corrected chi connectivity index (χ0v) is 10.6. The van der Waals surface area contributed by atoms with E-state index in [1.54, 1.807) is 0 Å². The number of hydrogen-bond acceptors (Lipinski definition) is 1. The van der Waals surface area contributed by atoms with Gasteiger partial charge in [-0.05, 0) is 24.1 Å². The Morgan fingerprint density at radius 2 is 1.85 bits per heavy atom. The summed E-state index contributed by atoms with van der Waals surface area (Å²) in [7, 11) is 0. The maximum atomic E-state index is 9.52. The quantitative estimate of drug-likeness (QED) is 0.906. The van der Waals surface area contributed by atoms with Gasteiger partial charge in [-0.2, -0.15) is 0 Å². The summed E-state index contributed by atoms with van der Waals surface area (Å²) in [6.07, 6.45) is 1.22. The molecule has 1 N–H and O–H groups in total. The van der Waals surface area contributed by atoms with Gasteiger partial charge < -0.3 is 5.11 Å². The molecule has 3 heteroatoms. The first-order valence-corrected chi connectivity index (χ1v) is 5.84. The Morgan fingerprint density at radius 3 is 2.31 bits per heavy atom. The number of hydrogen-bond donors (Lipinski definition) is 1. The van der Waals surface area contributed by atoms with Crippen molar-refractivity contribution < 1.29 is 5.11 Å². The summed E-state index contributed by atoms with van der Waals surface area (Å²) in [5.41, 5.74) is 1.14. The molecule has 0 heterocycles. The molecule has 0 aromatic heterocycles. The lowest BCUT2D eigenvalue weighted by atomic mass is 10.1. The molecule has 1 aromatic carbocycles. The van der Waals surface area contributed by atoms with Crippen molar-refractivity contribution in [2.24, 2.45) is 0 Å². The second-order valence-electron chi connectivity index (χ2n) is 2.97. The van der Waals surface area contributed by atoms with Crippen LogP contribution in [0.4, 0.5) is 0 Å². The molecule has 1 nitrogen and oxygen atoms in total. The molecule has 0 fully saturated rings. The summed E-state index contributed by atoms with van der Waals surface area (Å²) >= 11 is 6.93. The first-order valence-electron chi connectivity index (χ1n) is 4.26. The van der Waals surface area contributed by atoms with Gasteiger partial charge in [-0.3, -0.25) is 0 Å². The molecule has 0 saturated heterocycles. The SMILES string of the molecule is CC[C@@H](O)Cc1c(Br)cccc1Br. The zero-order valence-electron chi connectivity index (χ0n) is 7.43. The van der Waals surface area contributed by atoms with Gasteiger partial charge in [0.15, 0.2) is 0 Å². The van der Waals surface area contributed by atoms with Gasteiger partial charge in [-0.1, -0.05) is 44.8 Å². The van der Waals surface area contributed by atoms with Crippen molar-refractivity contribution in [2.45, 2.75) is 25.9 Å². The fourth-order valence-corrected chi connectivity index (χ4v) is 2.43. The molecule has 0 aliphatic carbocycles. The van der Waals surface area contributed by atoms with Crippen LogP contribution in [0.2, 0.25) is 0 Å². The van der Waals surface area contributed by atoms with Crippen LogP contribution in [0.5, 0.6) is 0 Å². The highest BCUT2D eigenvalue weighted by molar-refractivity contribution is 9.11. The largest absolute Gasteiger partial charge is 0.393 e. The molecule has 13 heavy (non-hydrogen) atoms. The molecule has 1 atom stereocenters. The van der Waals surface area contributed by atoms with E-state index in [1.807, 2.05) is 25.1 Å². The summed E-state index contributed by atoms with van der Waals surface area (Å²) in [6, 6.07) is 5.95. The summed E-state index contributed by atoms with van der Waals surface area (Å²) in [5.74, 6) is 0. The van der Waals surface area contributed by atoms with E-state index in [9.17, 15) is 5.11 Å². The van der Waals surface area contributed by atoms with Crippen LogP contribution in [0.3, 0.4) is 0 Å². The lowest BCUT2D eigenvalue weighted by Crippen LogP contribution is -2.09. The molecule has 72 valence electrons. The van der Waals surface area contributed by atoms with Gasteiger partial charge in [0.05, 0.1) is 6.10 Å². The van der Waals surface area contributed by atoms with Crippen LogP contribution < -0.4 is 0 Å². The second-order valence-corrected chi connectivity index (χ2v) is 4.68. The van der Waals surface area contributed by atoms with Gasteiger partial charge >= 0.3 is 0 Å². The molecule has 0 aliphatic heterocycles. The van der Waals surface area contributed by atoms with E-state index in [4.69, 9.17) is 0 Å². The molecule has 0 spiro atoms. The lowest BCUT2D eigenvalue weighted by Gasteiger charge is -2.11. The highest BCUT2D eigenvalue weighted by Crippen LogP contribution is 2.26. The minimum Gasteiger partial charge on any atom is -0.393 e. The predicted octanol–water partition coefficient (Wildman–Crippen LogP) is 3.53. The second kappa shape index (κ2) is 5.13. The van der Waals surface area contributed by atoms with Crippen molar-refractivity contribution in [3.63, 3.8) is 0 Å². The molecule has 0 saturated carbocycles. The van der Waals surface area contributed by atoms with Crippen molar-refractivity contribution >= 4 is 31.9 Å². The van der Waals surface area contributed by atoms with Crippen LogP contribution in [0, 0.1) is 0 Å². The van der Waals surface area contributed by atoms with Gasteiger partial charge in [0.2, 0.25) is 0 Å². The monoisotopic (exact) mass is 306 g/mol. The van der Waals surface area contributed by atoms with E-state index in [0.717, 1.165) is 20.9 Å². The standard InChI is InChI=1S/C10H12Br2O/c1-2-7(13)6-8-9(11)4-3-5-10(8)12/h3-5,7,13H,2,6H2,1H3/t7-/m1/s1. The molecule has 0 unspecified atom stereocenters. The van der Waals surface area contributed by atoms with Crippen molar-refractivity contribution in [1.82, 2.24) is 0 Å². The number of halogens is 2. The van der Waals surface area contributed by atoms with Gasteiger partial charge in [0.1, 0.15) is 0 Å². The van der Waals surface area contributed by atoms with Crippen LogP contribution in [-0.4, -0.2) is 11.2 Å². The van der Waals surface area contributed by atoms with Crippen LogP contribution in [0.25, 0.3) is 0 Å². The molecular weight excluding hydrogens is 296 g/mol. The van der Waals surface area contributed by atoms with E-state index in [0.29, 0.717) is 6.42 Å². The molecule has 0 radical (unpaired) electrons. The zero-order chi connectivity index (χ0) is 9.84. The maximum absolute atomic E-state index is 9.52. The maximum Gasteiger partial charge on any atom is 0.0578 e. The normalized spacial score (nSPS) is 12.9.